The van der Waals surface area contributed by atoms with E-state index in [4.69, 9.17) is 14.2 Å². The van der Waals surface area contributed by atoms with Crippen molar-refractivity contribution >= 4 is 17.9 Å². The lowest BCUT2D eigenvalue weighted by Gasteiger charge is -2.18. The summed E-state index contributed by atoms with van der Waals surface area (Å²) in [5, 5.41) is 0. The molecule has 1 unspecified atom stereocenters. The number of rotatable bonds is 60. The van der Waals surface area contributed by atoms with E-state index < -0.39 is 6.10 Å². The number of allylic oxidation sites excluding steroid dienone is 26. The van der Waals surface area contributed by atoms with Gasteiger partial charge in [0.2, 0.25) is 0 Å². The second-order valence-electron chi connectivity index (χ2n) is 22.0. The number of esters is 3. The third-order valence-corrected chi connectivity index (χ3v) is 14.0. The van der Waals surface area contributed by atoms with E-state index >= 15 is 0 Å². The third kappa shape index (κ3) is 67.7. The van der Waals surface area contributed by atoms with Crippen molar-refractivity contribution in [1.29, 1.82) is 0 Å². The standard InChI is InChI=1S/C77H124O6/c1-4-7-10-13-16-19-22-25-28-30-32-34-36-37-38-39-41-42-44-46-49-52-55-58-61-64-67-70-76(79)82-73-74(72-81-75(78)69-66-63-60-57-54-51-48-27-24-21-18-15-12-9-6-3)83-77(80)71-68-65-62-59-56-53-50-47-45-43-40-35-33-31-29-26-23-20-17-14-11-8-5-2/h7-8,10-11,16-17,19-20,25-29,32-35,37-38,41-43,45,48,50,53,74H,4-6,9,12-15,18,21-24,30-31,36,39-40,44,46-47,49,51-52,54-73H2,1-3H3/b10-7-,11-8-,19-16-,20-17-,28-25-,29-26-,34-32-,35-33-,38-37-,42-41-,45-43-,48-27-,53-50-. The number of hydrogen-bond acceptors (Lipinski definition) is 6. The van der Waals surface area contributed by atoms with Gasteiger partial charge in [0.15, 0.2) is 6.10 Å². The van der Waals surface area contributed by atoms with Crippen LogP contribution in [0.3, 0.4) is 0 Å². The fourth-order valence-electron chi connectivity index (χ4n) is 8.97. The molecule has 0 amide bonds. The molecule has 0 aliphatic heterocycles. The van der Waals surface area contributed by atoms with Crippen LogP contribution in [-0.4, -0.2) is 37.2 Å². The zero-order valence-corrected chi connectivity index (χ0v) is 53.7. The highest BCUT2D eigenvalue weighted by Gasteiger charge is 2.19. The van der Waals surface area contributed by atoms with Gasteiger partial charge >= 0.3 is 17.9 Å². The summed E-state index contributed by atoms with van der Waals surface area (Å²) >= 11 is 0. The van der Waals surface area contributed by atoms with Crippen LogP contribution in [0.4, 0.5) is 0 Å². The summed E-state index contributed by atoms with van der Waals surface area (Å²) < 4.78 is 16.9. The summed E-state index contributed by atoms with van der Waals surface area (Å²) in [6.45, 7) is 6.38. The van der Waals surface area contributed by atoms with Crippen molar-refractivity contribution in [1.82, 2.24) is 0 Å². The van der Waals surface area contributed by atoms with Gasteiger partial charge < -0.3 is 14.2 Å². The van der Waals surface area contributed by atoms with Crippen LogP contribution in [0.15, 0.2) is 158 Å². The number of hydrogen-bond donors (Lipinski definition) is 0. The Labute approximate surface area is 511 Å². The Balaban J connectivity index is 4.46. The molecular weight excluding hydrogens is 1020 g/mol. The van der Waals surface area contributed by atoms with Crippen LogP contribution < -0.4 is 0 Å². The lowest BCUT2D eigenvalue weighted by atomic mass is 10.1. The molecule has 6 heteroatoms. The first kappa shape index (κ1) is 78.0. The molecule has 0 saturated heterocycles. The number of carbonyl (C=O) groups excluding carboxylic acids is 3. The summed E-state index contributed by atoms with van der Waals surface area (Å²) in [5.74, 6) is -0.941. The van der Waals surface area contributed by atoms with E-state index in [9.17, 15) is 14.4 Å². The molecule has 83 heavy (non-hydrogen) atoms. The zero-order chi connectivity index (χ0) is 59.9. The van der Waals surface area contributed by atoms with Gasteiger partial charge in [-0.05, 0) is 148 Å². The van der Waals surface area contributed by atoms with Gasteiger partial charge in [-0.25, -0.2) is 0 Å². The van der Waals surface area contributed by atoms with E-state index in [-0.39, 0.29) is 37.5 Å². The highest BCUT2D eigenvalue weighted by molar-refractivity contribution is 5.71. The largest absolute Gasteiger partial charge is 0.462 e. The first-order chi connectivity index (χ1) is 41.0. The Kier molecular flexibility index (Phi) is 65.4. The molecule has 0 saturated carbocycles. The minimum atomic E-state index is -0.808. The van der Waals surface area contributed by atoms with Gasteiger partial charge in [0.05, 0.1) is 0 Å². The first-order valence-electron chi connectivity index (χ1n) is 34.0. The van der Waals surface area contributed by atoms with Crippen molar-refractivity contribution in [2.75, 3.05) is 13.2 Å². The minimum absolute atomic E-state index is 0.101. The smallest absolute Gasteiger partial charge is 0.306 e. The summed E-state index contributed by atoms with van der Waals surface area (Å²) in [6, 6.07) is 0. The molecular formula is C77H124O6. The Hall–Kier alpha value is -4.97. The highest BCUT2D eigenvalue weighted by atomic mass is 16.6. The van der Waals surface area contributed by atoms with E-state index in [0.717, 1.165) is 167 Å². The molecule has 0 fully saturated rings. The van der Waals surface area contributed by atoms with Gasteiger partial charge in [-0.15, -0.1) is 0 Å². The summed E-state index contributed by atoms with van der Waals surface area (Å²) in [7, 11) is 0. The Morgan fingerprint density at radius 1 is 0.253 bits per heavy atom. The molecule has 0 bridgehead atoms. The monoisotopic (exact) mass is 1140 g/mol. The number of carbonyl (C=O) groups is 3. The molecule has 468 valence electrons. The minimum Gasteiger partial charge on any atom is -0.462 e. The summed E-state index contributed by atoms with van der Waals surface area (Å²) in [5.41, 5.74) is 0. The lowest BCUT2D eigenvalue weighted by molar-refractivity contribution is -0.167. The average molecular weight is 1150 g/mol. The molecule has 0 aliphatic rings. The van der Waals surface area contributed by atoms with Crippen LogP contribution in [-0.2, 0) is 28.6 Å². The molecule has 0 aromatic heterocycles. The van der Waals surface area contributed by atoms with E-state index in [1.807, 2.05) is 0 Å². The molecule has 0 N–H and O–H groups in total. The van der Waals surface area contributed by atoms with Gasteiger partial charge in [0, 0.05) is 19.3 Å². The Bertz CT molecular complexity index is 1840. The highest BCUT2D eigenvalue weighted by Crippen LogP contribution is 2.15. The van der Waals surface area contributed by atoms with E-state index in [1.165, 1.54) is 83.5 Å². The van der Waals surface area contributed by atoms with Gasteiger partial charge in [0.25, 0.3) is 0 Å². The maximum Gasteiger partial charge on any atom is 0.306 e. The predicted octanol–water partition coefficient (Wildman–Crippen LogP) is 23.7. The molecule has 0 spiro atoms. The van der Waals surface area contributed by atoms with Crippen LogP contribution in [0.2, 0.25) is 0 Å². The number of unbranched alkanes of at least 4 members (excludes halogenated alkanes) is 23. The molecule has 0 radical (unpaired) electrons. The molecule has 0 aromatic rings. The zero-order valence-electron chi connectivity index (χ0n) is 53.7. The topological polar surface area (TPSA) is 78.9 Å². The predicted molar refractivity (Wildman–Crippen MR) is 362 cm³/mol. The van der Waals surface area contributed by atoms with Crippen molar-refractivity contribution in [2.24, 2.45) is 0 Å². The van der Waals surface area contributed by atoms with Crippen molar-refractivity contribution in [3.05, 3.63) is 158 Å². The third-order valence-electron chi connectivity index (χ3n) is 14.0. The molecule has 0 rings (SSSR count). The Morgan fingerprint density at radius 2 is 0.470 bits per heavy atom. The Morgan fingerprint density at radius 3 is 0.747 bits per heavy atom. The molecule has 0 aliphatic carbocycles. The van der Waals surface area contributed by atoms with E-state index in [0.29, 0.717) is 12.8 Å². The van der Waals surface area contributed by atoms with Crippen LogP contribution in [0, 0.1) is 0 Å². The van der Waals surface area contributed by atoms with Gasteiger partial charge in [0.1, 0.15) is 13.2 Å². The van der Waals surface area contributed by atoms with Crippen molar-refractivity contribution in [3.8, 4) is 0 Å². The average Bonchev–Trinajstić information content (AvgIpc) is 3.49. The maximum absolute atomic E-state index is 12.9. The second-order valence-corrected chi connectivity index (χ2v) is 22.0. The maximum atomic E-state index is 12.9. The SMILES string of the molecule is CC/C=C\C/C=C\C/C=C\C/C=C\C/C=C\C/C=C\CCCCCCCCCCC(=O)OCC(COC(=O)CCCCCCC/C=C\CCCCCCCC)OC(=O)CCCCCC/C=C\C/C=C\C/C=C\C/C=C\C/C=C\C/C=C\CC. The van der Waals surface area contributed by atoms with E-state index in [1.54, 1.807) is 0 Å². The van der Waals surface area contributed by atoms with Crippen molar-refractivity contribution in [2.45, 2.75) is 297 Å². The normalized spacial score (nSPS) is 13.1. The summed E-state index contributed by atoms with van der Waals surface area (Å²) in [6.07, 6.45) is 101. The van der Waals surface area contributed by atoms with Crippen molar-refractivity contribution in [3.63, 3.8) is 0 Å². The van der Waals surface area contributed by atoms with Crippen LogP contribution in [0.25, 0.3) is 0 Å². The lowest BCUT2D eigenvalue weighted by Crippen LogP contribution is -2.30. The summed E-state index contributed by atoms with van der Waals surface area (Å²) in [4.78, 5) is 38.4. The van der Waals surface area contributed by atoms with Crippen LogP contribution in [0.5, 0.6) is 0 Å². The molecule has 0 heterocycles. The van der Waals surface area contributed by atoms with Gasteiger partial charge in [-0.3, -0.25) is 14.4 Å². The molecule has 1 atom stereocenters. The van der Waals surface area contributed by atoms with Crippen LogP contribution in [0.1, 0.15) is 290 Å². The quantitative estimate of drug-likeness (QED) is 0.0261. The van der Waals surface area contributed by atoms with Crippen molar-refractivity contribution < 1.29 is 28.6 Å². The van der Waals surface area contributed by atoms with Gasteiger partial charge in [-0.2, -0.15) is 0 Å². The fraction of sp³-hybridized carbons (Fsp3) is 0.623. The number of ether oxygens (including phenoxy) is 3. The first-order valence-corrected chi connectivity index (χ1v) is 34.0. The van der Waals surface area contributed by atoms with Gasteiger partial charge in [-0.1, -0.05) is 281 Å². The molecule has 0 aromatic carbocycles. The second kappa shape index (κ2) is 69.5. The fourth-order valence-corrected chi connectivity index (χ4v) is 8.97. The molecule has 6 nitrogen and oxygen atoms in total. The van der Waals surface area contributed by atoms with E-state index in [2.05, 4.69) is 179 Å². The van der Waals surface area contributed by atoms with Crippen LogP contribution >= 0.6 is 0 Å².